The number of hydrogen-bond acceptors (Lipinski definition) is 3. The molecule has 0 unspecified atom stereocenters. The second kappa shape index (κ2) is 4.00. The molecule has 0 spiro atoms. The number of nitrogens with one attached hydrogen (secondary N) is 1. The molecule has 0 bridgehead atoms. The minimum atomic E-state index is -4.49. The highest BCUT2D eigenvalue weighted by atomic mass is 32.2. The maximum Gasteiger partial charge on any atom is 0.359 e. The summed E-state index contributed by atoms with van der Waals surface area (Å²) < 4.78 is 30.7. The van der Waals surface area contributed by atoms with Gasteiger partial charge in [0, 0.05) is 5.56 Å². The van der Waals surface area contributed by atoms with Gasteiger partial charge in [-0.1, -0.05) is 6.07 Å². The molecule has 0 atom stereocenters. The molecule has 82 valence electrons. The summed E-state index contributed by atoms with van der Waals surface area (Å²) in [6.45, 7) is 3.68. The van der Waals surface area contributed by atoms with Gasteiger partial charge in [0.25, 0.3) is 5.91 Å². The van der Waals surface area contributed by atoms with Gasteiger partial charge in [0.15, 0.2) is 0 Å². The van der Waals surface area contributed by atoms with Crippen molar-refractivity contribution in [1.29, 1.82) is 0 Å². The van der Waals surface area contributed by atoms with Crippen molar-refractivity contribution in [3.63, 3.8) is 0 Å². The van der Waals surface area contributed by atoms with Gasteiger partial charge < -0.3 is 0 Å². The third-order valence-electron chi connectivity index (χ3n) is 1.99. The van der Waals surface area contributed by atoms with Crippen LogP contribution in [-0.4, -0.2) is 18.9 Å². The third kappa shape index (κ3) is 3.34. The average molecular weight is 229 g/mol. The van der Waals surface area contributed by atoms with Gasteiger partial charge in [-0.2, -0.15) is 8.42 Å². The molecule has 2 N–H and O–H groups in total. The Bertz CT molecular complexity index is 493. The van der Waals surface area contributed by atoms with Crippen molar-refractivity contribution < 1.29 is 17.8 Å². The molecule has 0 heterocycles. The molecule has 0 saturated carbocycles. The quantitative estimate of drug-likeness (QED) is 0.736. The fraction of sp³-hybridized carbons (Fsp3) is 0.222. The van der Waals surface area contributed by atoms with Crippen LogP contribution in [0.2, 0.25) is 0 Å². The lowest BCUT2D eigenvalue weighted by atomic mass is 10.1. The number of benzene rings is 1. The van der Waals surface area contributed by atoms with Crippen LogP contribution in [0.1, 0.15) is 21.5 Å². The summed E-state index contributed by atoms with van der Waals surface area (Å²) in [5.74, 6) is -0.847. The minimum Gasteiger partial charge on any atom is -0.269 e. The number of carbonyl (C=O) groups excluding carboxylic acids is 1. The van der Waals surface area contributed by atoms with E-state index in [1.807, 2.05) is 6.92 Å². The van der Waals surface area contributed by atoms with Gasteiger partial charge in [-0.25, -0.2) is 4.72 Å². The van der Waals surface area contributed by atoms with Gasteiger partial charge in [-0.3, -0.25) is 9.35 Å². The Morgan fingerprint density at radius 1 is 1.27 bits per heavy atom. The summed E-state index contributed by atoms with van der Waals surface area (Å²) in [4.78, 5) is 11.3. The summed E-state index contributed by atoms with van der Waals surface area (Å²) in [5.41, 5.74) is 2.06. The summed E-state index contributed by atoms with van der Waals surface area (Å²) in [6.07, 6.45) is 0. The zero-order valence-corrected chi connectivity index (χ0v) is 9.13. The zero-order valence-electron chi connectivity index (χ0n) is 8.31. The van der Waals surface area contributed by atoms with Crippen molar-refractivity contribution in [2.45, 2.75) is 13.8 Å². The van der Waals surface area contributed by atoms with Crippen LogP contribution >= 0.6 is 0 Å². The van der Waals surface area contributed by atoms with E-state index in [9.17, 15) is 13.2 Å². The number of aryl methyl sites for hydroxylation is 2. The summed E-state index contributed by atoms with van der Waals surface area (Å²) >= 11 is 0. The normalized spacial score (nSPS) is 11.1. The SMILES string of the molecule is Cc1ccc(C(=O)NS(=O)(=O)O)cc1C. The molecule has 6 heteroatoms. The molecule has 0 aromatic heterocycles. The maximum absolute atomic E-state index is 11.3. The summed E-state index contributed by atoms with van der Waals surface area (Å²) in [6, 6.07) is 4.74. The molecule has 0 aliphatic heterocycles. The van der Waals surface area contributed by atoms with Crippen molar-refractivity contribution in [1.82, 2.24) is 4.72 Å². The lowest BCUT2D eigenvalue weighted by molar-refractivity contribution is 0.0978. The molecular weight excluding hydrogens is 218 g/mol. The molecule has 0 fully saturated rings. The third-order valence-corrected chi connectivity index (χ3v) is 2.43. The van der Waals surface area contributed by atoms with E-state index in [1.165, 1.54) is 10.8 Å². The van der Waals surface area contributed by atoms with Crippen LogP contribution in [0.4, 0.5) is 0 Å². The van der Waals surface area contributed by atoms with Crippen molar-refractivity contribution in [3.8, 4) is 0 Å². The Hall–Kier alpha value is -1.40. The largest absolute Gasteiger partial charge is 0.359 e. The Kier molecular flexibility index (Phi) is 3.11. The van der Waals surface area contributed by atoms with Crippen LogP contribution in [0.3, 0.4) is 0 Å². The average Bonchev–Trinajstić information content (AvgIpc) is 2.06. The van der Waals surface area contributed by atoms with Crippen molar-refractivity contribution in [2.75, 3.05) is 0 Å². The highest BCUT2D eigenvalue weighted by Crippen LogP contribution is 2.09. The van der Waals surface area contributed by atoms with Crippen molar-refractivity contribution in [3.05, 3.63) is 34.9 Å². The minimum absolute atomic E-state index is 0.190. The highest BCUT2D eigenvalue weighted by molar-refractivity contribution is 7.84. The van der Waals surface area contributed by atoms with Crippen molar-refractivity contribution >= 4 is 16.2 Å². The molecule has 1 aromatic carbocycles. The first-order valence-corrected chi connectivity index (χ1v) is 5.60. The molecule has 0 radical (unpaired) electrons. The van der Waals surface area contributed by atoms with E-state index in [0.29, 0.717) is 0 Å². The Labute approximate surface area is 88.0 Å². The van der Waals surface area contributed by atoms with Crippen LogP contribution in [0.5, 0.6) is 0 Å². The molecular formula is C9H11NO4S. The summed E-state index contributed by atoms with van der Waals surface area (Å²) in [5, 5.41) is 0. The second-order valence-electron chi connectivity index (χ2n) is 3.21. The molecule has 1 amide bonds. The van der Waals surface area contributed by atoms with Gasteiger partial charge >= 0.3 is 10.3 Å². The second-order valence-corrected chi connectivity index (χ2v) is 4.36. The van der Waals surface area contributed by atoms with Crippen LogP contribution in [0, 0.1) is 13.8 Å². The van der Waals surface area contributed by atoms with Gasteiger partial charge in [0.2, 0.25) is 0 Å². The highest BCUT2D eigenvalue weighted by Gasteiger charge is 2.12. The van der Waals surface area contributed by atoms with E-state index < -0.39 is 16.2 Å². The van der Waals surface area contributed by atoms with E-state index in [2.05, 4.69) is 0 Å². The Morgan fingerprint density at radius 2 is 1.87 bits per heavy atom. The van der Waals surface area contributed by atoms with Gasteiger partial charge in [0.1, 0.15) is 0 Å². The molecule has 1 rings (SSSR count). The van der Waals surface area contributed by atoms with Crippen LogP contribution in [0.15, 0.2) is 18.2 Å². The van der Waals surface area contributed by atoms with Gasteiger partial charge in [-0.15, -0.1) is 0 Å². The lowest BCUT2D eigenvalue weighted by Crippen LogP contribution is -2.29. The van der Waals surface area contributed by atoms with E-state index in [0.717, 1.165) is 11.1 Å². The topological polar surface area (TPSA) is 83.5 Å². The van der Waals surface area contributed by atoms with Crippen LogP contribution < -0.4 is 4.72 Å². The molecule has 0 aliphatic rings. The van der Waals surface area contributed by atoms with E-state index in [4.69, 9.17) is 4.55 Å². The number of amides is 1. The number of carbonyl (C=O) groups is 1. The van der Waals surface area contributed by atoms with E-state index in [-0.39, 0.29) is 5.56 Å². The molecule has 5 nitrogen and oxygen atoms in total. The monoisotopic (exact) mass is 229 g/mol. The number of rotatable bonds is 2. The number of hydrogen-bond donors (Lipinski definition) is 2. The van der Waals surface area contributed by atoms with Gasteiger partial charge in [0.05, 0.1) is 0 Å². The summed E-state index contributed by atoms with van der Waals surface area (Å²) in [7, 11) is -4.49. The Balaban J connectivity index is 2.98. The first-order valence-electron chi connectivity index (χ1n) is 4.16. The standard InChI is InChI=1S/C9H11NO4S/c1-6-3-4-8(5-7(6)2)9(11)10-15(12,13)14/h3-5H,1-2H3,(H,10,11)(H,12,13,14). The van der Waals surface area contributed by atoms with Crippen LogP contribution in [0.25, 0.3) is 0 Å². The van der Waals surface area contributed by atoms with Crippen LogP contribution in [-0.2, 0) is 10.3 Å². The van der Waals surface area contributed by atoms with E-state index in [1.54, 1.807) is 19.1 Å². The zero-order chi connectivity index (χ0) is 11.6. The predicted octanol–water partition coefficient (Wildman–Crippen LogP) is 0.836. The molecule has 1 aromatic rings. The fourth-order valence-corrected chi connectivity index (χ4v) is 1.41. The maximum atomic E-state index is 11.3. The first-order chi connectivity index (χ1) is 6.79. The van der Waals surface area contributed by atoms with E-state index >= 15 is 0 Å². The fourth-order valence-electron chi connectivity index (χ4n) is 1.06. The predicted molar refractivity (Wildman–Crippen MR) is 54.9 cm³/mol. The molecule has 0 saturated heterocycles. The Morgan fingerprint density at radius 3 is 2.33 bits per heavy atom. The molecule has 15 heavy (non-hydrogen) atoms. The molecule has 0 aliphatic carbocycles. The smallest absolute Gasteiger partial charge is 0.269 e. The first kappa shape index (κ1) is 11.7. The van der Waals surface area contributed by atoms with Crippen molar-refractivity contribution in [2.24, 2.45) is 0 Å². The lowest BCUT2D eigenvalue weighted by Gasteiger charge is -2.04. The van der Waals surface area contributed by atoms with Gasteiger partial charge in [-0.05, 0) is 37.1 Å².